The van der Waals surface area contributed by atoms with Crippen molar-refractivity contribution in [1.29, 1.82) is 0 Å². The lowest BCUT2D eigenvalue weighted by Gasteiger charge is -1.91. The molecule has 0 unspecified atom stereocenters. The van der Waals surface area contributed by atoms with Crippen molar-refractivity contribution < 1.29 is 4.42 Å². The van der Waals surface area contributed by atoms with E-state index >= 15 is 0 Å². The third kappa shape index (κ3) is 2.18. The second kappa shape index (κ2) is 4.34. The summed E-state index contributed by atoms with van der Waals surface area (Å²) in [5.74, 6) is 1.55. The number of nitrogens with zero attached hydrogens (tertiary/aromatic N) is 2. The molecule has 0 atom stereocenters. The zero-order valence-electron chi connectivity index (χ0n) is 7.64. The molecule has 0 amide bonds. The molecular formula is C9H11N3OS. The lowest BCUT2D eigenvalue weighted by atomic mass is 10.3. The predicted molar refractivity (Wildman–Crippen MR) is 54.2 cm³/mol. The Hall–Kier alpha value is -1.20. The van der Waals surface area contributed by atoms with E-state index in [0.717, 1.165) is 17.9 Å². The highest BCUT2D eigenvalue weighted by molar-refractivity contribution is 7.07. The largest absolute Gasteiger partial charge is 0.445 e. The van der Waals surface area contributed by atoms with Gasteiger partial charge < -0.3 is 10.2 Å². The summed E-state index contributed by atoms with van der Waals surface area (Å²) in [6.45, 7) is 0.589. The summed E-state index contributed by atoms with van der Waals surface area (Å²) in [5.41, 5.74) is 8.21. The SMILES string of the molecule is NCCc1cnc(Cc2cscn2)o1. The lowest BCUT2D eigenvalue weighted by molar-refractivity contribution is 0.463. The third-order valence-corrected chi connectivity index (χ3v) is 2.44. The van der Waals surface area contributed by atoms with Gasteiger partial charge in [-0.3, -0.25) is 0 Å². The van der Waals surface area contributed by atoms with Crippen LogP contribution in [0.1, 0.15) is 17.3 Å². The highest BCUT2D eigenvalue weighted by Gasteiger charge is 2.05. The maximum Gasteiger partial charge on any atom is 0.200 e. The van der Waals surface area contributed by atoms with Crippen LogP contribution in [0, 0.1) is 0 Å². The monoisotopic (exact) mass is 209 g/mol. The topological polar surface area (TPSA) is 64.9 Å². The van der Waals surface area contributed by atoms with Crippen molar-refractivity contribution in [1.82, 2.24) is 9.97 Å². The molecule has 0 aliphatic carbocycles. The Kier molecular flexibility index (Phi) is 2.90. The Morgan fingerprint density at radius 3 is 3.07 bits per heavy atom. The van der Waals surface area contributed by atoms with Crippen molar-refractivity contribution in [3.8, 4) is 0 Å². The van der Waals surface area contributed by atoms with E-state index in [9.17, 15) is 0 Å². The van der Waals surface area contributed by atoms with Gasteiger partial charge in [0.1, 0.15) is 5.76 Å². The van der Waals surface area contributed by atoms with Crippen LogP contribution < -0.4 is 5.73 Å². The smallest absolute Gasteiger partial charge is 0.200 e. The summed E-state index contributed by atoms with van der Waals surface area (Å²) in [6, 6.07) is 0. The van der Waals surface area contributed by atoms with Crippen molar-refractivity contribution in [3.63, 3.8) is 0 Å². The minimum Gasteiger partial charge on any atom is -0.445 e. The van der Waals surface area contributed by atoms with Crippen LogP contribution >= 0.6 is 11.3 Å². The molecule has 0 spiro atoms. The normalized spacial score (nSPS) is 10.6. The minimum absolute atomic E-state index is 0.589. The van der Waals surface area contributed by atoms with Crippen LogP contribution in [0.15, 0.2) is 21.5 Å². The average molecular weight is 209 g/mol. The van der Waals surface area contributed by atoms with Gasteiger partial charge in [-0.25, -0.2) is 9.97 Å². The van der Waals surface area contributed by atoms with Crippen LogP contribution in [0.5, 0.6) is 0 Å². The van der Waals surface area contributed by atoms with Gasteiger partial charge in [0.2, 0.25) is 0 Å². The summed E-state index contributed by atoms with van der Waals surface area (Å²) in [7, 11) is 0. The second-order valence-corrected chi connectivity index (χ2v) is 3.63. The van der Waals surface area contributed by atoms with Crippen LogP contribution in [-0.2, 0) is 12.8 Å². The van der Waals surface area contributed by atoms with E-state index in [1.807, 2.05) is 5.38 Å². The van der Waals surface area contributed by atoms with Gasteiger partial charge in [0.15, 0.2) is 5.89 Å². The van der Waals surface area contributed by atoms with Gasteiger partial charge in [-0.15, -0.1) is 11.3 Å². The zero-order chi connectivity index (χ0) is 9.80. The van der Waals surface area contributed by atoms with Crippen molar-refractivity contribution in [2.75, 3.05) is 6.54 Å². The molecule has 74 valence electrons. The second-order valence-electron chi connectivity index (χ2n) is 2.92. The first-order chi connectivity index (χ1) is 6.88. The van der Waals surface area contributed by atoms with E-state index in [1.165, 1.54) is 0 Å². The quantitative estimate of drug-likeness (QED) is 0.822. The third-order valence-electron chi connectivity index (χ3n) is 1.81. The van der Waals surface area contributed by atoms with E-state index in [2.05, 4.69) is 9.97 Å². The van der Waals surface area contributed by atoms with Crippen molar-refractivity contribution in [2.45, 2.75) is 12.8 Å². The molecule has 2 rings (SSSR count). The number of aromatic nitrogens is 2. The number of oxazole rings is 1. The first-order valence-electron chi connectivity index (χ1n) is 4.39. The lowest BCUT2D eigenvalue weighted by Crippen LogP contribution is -2.01. The zero-order valence-corrected chi connectivity index (χ0v) is 8.46. The van der Waals surface area contributed by atoms with E-state index in [1.54, 1.807) is 23.0 Å². The van der Waals surface area contributed by atoms with Crippen LogP contribution in [0.2, 0.25) is 0 Å². The fraction of sp³-hybridized carbons (Fsp3) is 0.333. The van der Waals surface area contributed by atoms with E-state index in [0.29, 0.717) is 18.9 Å². The van der Waals surface area contributed by atoms with E-state index in [-0.39, 0.29) is 0 Å². The van der Waals surface area contributed by atoms with Gasteiger partial charge in [-0.05, 0) is 6.54 Å². The minimum atomic E-state index is 0.589. The molecule has 0 saturated carbocycles. The molecule has 5 heteroatoms. The summed E-state index contributed by atoms with van der Waals surface area (Å²) < 4.78 is 5.47. The van der Waals surface area contributed by atoms with Gasteiger partial charge in [0.05, 0.1) is 23.8 Å². The molecule has 0 bridgehead atoms. The standard InChI is InChI=1S/C9H11N3OS/c10-2-1-8-4-11-9(13-8)3-7-5-14-6-12-7/h4-6H,1-3,10H2. The van der Waals surface area contributed by atoms with Gasteiger partial charge in [-0.2, -0.15) is 0 Å². The Morgan fingerprint density at radius 1 is 1.43 bits per heavy atom. The maximum absolute atomic E-state index is 5.47. The molecule has 4 nitrogen and oxygen atoms in total. The van der Waals surface area contributed by atoms with Crippen molar-refractivity contribution in [2.24, 2.45) is 5.73 Å². The van der Waals surface area contributed by atoms with Crippen LogP contribution in [-0.4, -0.2) is 16.5 Å². The number of nitrogens with two attached hydrogens (primary N) is 1. The summed E-state index contributed by atoms with van der Waals surface area (Å²) in [4.78, 5) is 8.31. The molecule has 2 aromatic heterocycles. The number of thiazole rings is 1. The number of rotatable bonds is 4. The van der Waals surface area contributed by atoms with Crippen LogP contribution in [0.3, 0.4) is 0 Å². The van der Waals surface area contributed by atoms with Gasteiger partial charge in [0, 0.05) is 11.8 Å². The van der Waals surface area contributed by atoms with Gasteiger partial charge in [-0.1, -0.05) is 0 Å². The van der Waals surface area contributed by atoms with Crippen molar-refractivity contribution >= 4 is 11.3 Å². The summed E-state index contributed by atoms with van der Waals surface area (Å²) in [6.07, 6.45) is 3.13. The molecule has 2 N–H and O–H groups in total. The number of hydrogen-bond acceptors (Lipinski definition) is 5. The molecule has 2 aromatic rings. The summed E-state index contributed by atoms with van der Waals surface area (Å²) in [5, 5.41) is 1.99. The van der Waals surface area contributed by atoms with E-state index < -0.39 is 0 Å². The molecule has 2 heterocycles. The molecule has 0 saturated heterocycles. The number of hydrogen-bond donors (Lipinski definition) is 1. The summed E-state index contributed by atoms with van der Waals surface area (Å²) >= 11 is 1.58. The van der Waals surface area contributed by atoms with E-state index in [4.69, 9.17) is 10.2 Å². The molecule has 0 aromatic carbocycles. The van der Waals surface area contributed by atoms with Crippen molar-refractivity contribution in [3.05, 3.63) is 34.4 Å². The Balaban J connectivity index is 2.03. The Morgan fingerprint density at radius 2 is 2.36 bits per heavy atom. The molecular weight excluding hydrogens is 198 g/mol. The van der Waals surface area contributed by atoms with Gasteiger partial charge in [0.25, 0.3) is 0 Å². The fourth-order valence-corrected chi connectivity index (χ4v) is 1.73. The maximum atomic E-state index is 5.47. The van der Waals surface area contributed by atoms with Gasteiger partial charge >= 0.3 is 0 Å². The molecule has 0 aliphatic heterocycles. The Bertz CT molecular complexity index is 382. The first kappa shape index (κ1) is 9.36. The molecule has 0 radical (unpaired) electrons. The highest BCUT2D eigenvalue weighted by atomic mass is 32.1. The molecule has 0 fully saturated rings. The fourth-order valence-electron chi connectivity index (χ4n) is 1.17. The average Bonchev–Trinajstić information content (AvgIpc) is 2.79. The predicted octanol–water partition coefficient (Wildman–Crippen LogP) is 1.22. The molecule has 14 heavy (non-hydrogen) atoms. The molecule has 0 aliphatic rings. The highest BCUT2D eigenvalue weighted by Crippen LogP contribution is 2.10. The van der Waals surface area contributed by atoms with Crippen LogP contribution in [0.25, 0.3) is 0 Å². The van der Waals surface area contributed by atoms with Crippen LogP contribution in [0.4, 0.5) is 0 Å². The Labute approximate surface area is 85.8 Å². The first-order valence-corrected chi connectivity index (χ1v) is 5.33.